The fourth-order valence-corrected chi connectivity index (χ4v) is 2.94. The Labute approximate surface area is 145 Å². The smallest absolute Gasteiger partial charge is 0.279 e. The molecule has 1 amide bonds. The summed E-state index contributed by atoms with van der Waals surface area (Å²) >= 11 is 3.48. The molecule has 0 saturated heterocycles. The number of aryl methyl sites for hydroxylation is 1. The van der Waals surface area contributed by atoms with E-state index >= 15 is 0 Å². The van der Waals surface area contributed by atoms with Crippen molar-refractivity contribution in [1.82, 2.24) is 0 Å². The Bertz CT molecular complexity index is 671. The predicted octanol–water partition coefficient (Wildman–Crippen LogP) is 2.42. The first kappa shape index (κ1) is 17.5. The number of hydrogen-bond donors (Lipinski definition) is 2. The van der Waals surface area contributed by atoms with Crippen molar-refractivity contribution in [3.05, 3.63) is 58.1 Å². The lowest BCUT2D eigenvalue weighted by atomic mass is 10.2. The number of methoxy groups -OCH3 is 1. The average molecular weight is 378 g/mol. The van der Waals surface area contributed by atoms with Crippen molar-refractivity contribution in [2.45, 2.75) is 13.5 Å². The van der Waals surface area contributed by atoms with Gasteiger partial charge in [0.15, 0.2) is 6.54 Å². The molecule has 0 radical (unpaired) electrons. The fourth-order valence-electron chi connectivity index (χ4n) is 2.35. The second kappa shape index (κ2) is 8.13. The molecular weight excluding hydrogens is 356 g/mol. The van der Waals surface area contributed by atoms with Crippen LogP contribution in [-0.4, -0.2) is 26.6 Å². The molecule has 23 heavy (non-hydrogen) atoms. The number of anilines is 1. The SMILES string of the molecule is COc1ccc(C[NH+](C)CC(=O)Nc2ccc(C)cc2)cc1Br. The zero-order chi connectivity index (χ0) is 16.8. The number of halogens is 1. The third-order valence-corrected chi connectivity index (χ3v) is 4.14. The summed E-state index contributed by atoms with van der Waals surface area (Å²) in [5.41, 5.74) is 3.16. The molecule has 0 spiro atoms. The van der Waals surface area contributed by atoms with Crippen molar-refractivity contribution < 1.29 is 14.4 Å². The lowest BCUT2D eigenvalue weighted by Gasteiger charge is -2.15. The molecule has 0 fully saturated rings. The Hall–Kier alpha value is -1.85. The maximum Gasteiger partial charge on any atom is 0.279 e. The molecule has 0 saturated carbocycles. The Morgan fingerprint density at radius 3 is 2.52 bits per heavy atom. The van der Waals surface area contributed by atoms with Crippen LogP contribution in [0.25, 0.3) is 0 Å². The van der Waals surface area contributed by atoms with Gasteiger partial charge in [0, 0.05) is 11.3 Å². The van der Waals surface area contributed by atoms with Gasteiger partial charge in [-0.25, -0.2) is 0 Å². The molecule has 4 nitrogen and oxygen atoms in total. The van der Waals surface area contributed by atoms with Crippen LogP contribution >= 0.6 is 15.9 Å². The first-order valence-corrected chi connectivity index (χ1v) is 8.27. The molecule has 0 bridgehead atoms. The normalized spacial score (nSPS) is 11.8. The number of ether oxygens (including phenoxy) is 1. The molecule has 0 aliphatic carbocycles. The van der Waals surface area contributed by atoms with E-state index in [4.69, 9.17) is 4.74 Å². The number of carbonyl (C=O) groups excluding carboxylic acids is 1. The van der Waals surface area contributed by atoms with Gasteiger partial charge in [-0.1, -0.05) is 17.7 Å². The molecule has 2 rings (SSSR count). The topological polar surface area (TPSA) is 42.8 Å². The molecule has 1 unspecified atom stereocenters. The number of hydrogen-bond acceptors (Lipinski definition) is 2. The Morgan fingerprint density at radius 2 is 1.91 bits per heavy atom. The van der Waals surface area contributed by atoms with Gasteiger partial charge >= 0.3 is 0 Å². The lowest BCUT2D eigenvalue weighted by molar-refractivity contribution is -0.885. The van der Waals surface area contributed by atoms with E-state index in [9.17, 15) is 4.79 Å². The molecule has 2 N–H and O–H groups in total. The number of nitrogens with one attached hydrogen (secondary N) is 2. The first-order valence-electron chi connectivity index (χ1n) is 7.48. The van der Waals surface area contributed by atoms with Crippen LogP contribution in [0.2, 0.25) is 0 Å². The number of rotatable bonds is 6. The van der Waals surface area contributed by atoms with Crippen LogP contribution in [-0.2, 0) is 11.3 Å². The standard InChI is InChI=1S/C18H21BrN2O2/c1-13-4-7-15(8-5-13)20-18(22)12-21(2)11-14-6-9-17(23-3)16(19)10-14/h4-10H,11-12H2,1-3H3,(H,20,22)/p+1. The zero-order valence-corrected chi connectivity index (χ0v) is 15.2. The summed E-state index contributed by atoms with van der Waals surface area (Å²) < 4.78 is 6.15. The molecule has 0 heterocycles. The third kappa shape index (κ3) is 5.37. The second-order valence-corrected chi connectivity index (χ2v) is 6.55. The van der Waals surface area contributed by atoms with Crippen molar-refractivity contribution in [3.8, 4) is 5.75 Å². The summed E-state index contributed by atoms with van der Waals surface area (Å²) in [5, 5.41) is 2.93. The molecule has 0 aliphatic rings. The van der Waals surface area contributed by atoms with Crippen molar-refractivity contribution in [1.29, 1.82) is 0 Å². The number of benzene rings is 2. The third-order valence-electron chi connectivity index (χ3n) is 3.52. The van der Waals surface area contributed by atoms with Crippen LogP contribution in [0.3, 0.4) is 0 Å². The summed E-state index contributed by atoms with van der Waals surface area (Å²) in [7, 11) is 3.65. The maximum atomic E-state index is 12.1. The summed E-state index contributed by atoms with van der Waals surface area (Å²) in [6, 6.07) is 13.8. The van der Waals surface area contributed by atoms with Crippen molar-refractivity contribution in [2.24, 2.45) is 0 Å². The van der Waals surface area contributed by atoms with Gasteiger partial charge in [0.2, 0.25) is 0 Å². The molecule has 5 heteroatoms. The van der Waals surface area contributed by atoms with E-state index < -0.39 is 0 Å². The van der Waals surface area contributed by atoms with Gasteiger partial charge in [0.25, 0.3) is 5.91 Å². The molecule has 0 aromatic heterocycles. The van der Waals surface area contributed by atoms with Crippen molar-refractivity contribution in [2.75, 3.05) is 26.0 Å². The van der Waals surface area contributed by atoms with Crippen molar-refractivity contribution >= 4 is 27.5 Å². The predicted molar refractivity (Wildman–Crippen MR) is 96.0 cm³/mol. The minimum Gasteiger partial charge on any atom is -0.496 e. The zero-order valence-electron chi connectivity index (χ0n) is 13.7. The highest BCUT2D eigenvalue weighted by molar-refractivity contribution is 9.10. The molecule has 0 aliphatic heterocycles. The quantitative estimate of drug-likeness (QED) is 0.811. The van der Waals surface area contributed by atoms with Crippen LogP contribution in [0.4, 0.5) is 5.69 Å². The lowest BCUT2D eigenvalue weighted by Crippen LogP contribution is -3.08. The Morgan fingerprint density at radius 1 is 1.22 bits per heavy atom. The van der Waals surface area contributed by atoms with Crippen LogP contribution < -0.4 is 15.0 Å². The van der Waals surface area contributed by atoms with E-state index in [1.54, 1.807) is 7.11 Å². The molecular formula is C18H22BrN2O2+. The fraction of sp³-hybridized carbons (Fsp3) is 0.278. The van der Waals surface area contributed by atoms with E-state index in [0.29, 0.717) is 6.54 Å². The van der Waals surface area contributed by atoms with Gasteiger partial charge < -0.3 is 15.0 Å². The number of amides is 1. The molecule has 1 atom stereocenters. The highest BCUT2D eigenvalue weighted by atomic mass is 79.9. The van der Waals surface area contributed by atoms with E-state index in [2.05, 4.69) is 21.2 Å². The van der Waals surface area contributed by atoms with Gasteiger partial charge in [-0.3, -0.25) is 4.79 Å². The number of likely N-dealkylation sites (N-methyl/N-ethyl adjacent to an activating group) is 1. The van der Waals surface area contributed by atoms with Crippen LogP contribution in [0, 0.1) is 6.92 Å². The number of carbonyl (C=O) groups is 1. The highest BCUT2D eigenvalue weighted by Gasteiger charge is 2.12. The van der Waals surface area contributed by atoms with E-state index in [1.807, 2.05) is 56.4 Å². The summed E-state index contributed by atoms with van der Waals surface area (Å²) in [4.78, 5) is 13.2. The van der Waals surface area contributed by atoms with E-state index in [0.717, 1.165) is 32.9 Å². The van der Waals surface area contributed by atoms with Gasteiger partial charge in [0.1, 0.15) is 12.3 Å². The van der Waals surface area contributed by atoms with Gasteiger partial charge in [-0.2, -0.15) is 0 Å². The van der Waals surface area contributed by atoms with Gasteiger partial charge in [-0.15, -0.1) is 0 Å². The summed E-state index contributed by atoms with van der Waals surface area (Å²) in [6.45, 7) is 3.21. The monoisotopic (exact) mass is 377 g/mol. The minimum atomic E-state index is 0.0129. The Kier molecular flexibility index (Phi) is 6.19. The van der Waals surface area contributed by atoms with Crippen molar-refractivity contribution in [3.63, 3.8) is 0 Å². The van der Waals surface area contributed by atoms with Gasteiger partial charge in [0.05, 0.1) is 18.6 Å². The Balaban J connectivity index is 1.88. The van der Waals surface area contributed by atoms with Crippen LogP contribution in [0.1, 0.15) is 11.1 Å². The molecule has 2 aromatic rings. The molecule has 2 aromatic carbocycles. The second-order valence-electron chi connectivity index (χ2n) is 5.69. The summed E-state index contributed by atoms with van der Waals surface area (Å²) in [6.07, 6.45) is 0. The summed E-state index contributed by atoms with van der Waals surface area (Å²) in [5.74, 6) is 0.822. The van der Waals surface area contributed by atoms with E-state index in [-0.39, 0.29) is 5.91 Å². The van der Waals surface area contributed by atoms with Crippen LogP contribution in [0.5, 0.6) is 5.75 Å². The number of quaternary nitrogens is 1. The largest absolute Gasteiger partial charge is 0.496 e. The van der Waals surface area contributed by atoms with Crippen LogP contribution in [0.15, 0.2) is 46.9 Å². The maximum absolute atomic E-state index is 12.1. The average Bonchev–Trinajstić information content (AvgIpc) is 2.49. The van der Waals surface area contributed by atoms with E-state index in [1.165, 1.54) is 5.56 Å². The van der Waals surface area contributed by atoms with Gasteiger partial charge in [-0.05, 0) is 53.2 Å². The molecule has 122 valence electrons. The highest BCUT2D eigenvalue weighted by Crippen LogP contribution is 2.25. The minimum absolute atomic E-state index is 0.0129. The first-order chi connectivity index (χ1) is 11.0.